The number of carboxylic acid groups (broad SMARTS) is 1. The summed E-state index contributed by atoms with van der Waals surface area (Å²) in [6.45, 7) is 4.43. The molecule has 178 valence electrons. The van der Waals surface area contributed by atoms with E-state index in [2.05, 4.69) is 10.2 Å². The summed E-state index contributed by atoms with van der Waals surface area (Å²) in [5.41, 5.74) is 2.77. The zero-order chi connectivity index (χ0) is 24.2. The van der Waals surface area contributed by atoms with Gasteiger partial charge in [0.25, 0.3) is 0 Å². The smallest absolute Gasteiger partial charge is 0.306 e. The Kier molecular flexibility index (Phi) is 5.43. The first kappa shape index (κ1) is 22.5. The fourth-order valence-corrected chi connectivity index (χ4v) is 5.65. The summed E-state index contributed by atoms with van der Waals surface area (Å²) in [4.78, 5) is 11.7. The number of benzene rings is 2. The van der Waals surface area contributed by atoms with E-state index in [0.717, 1.165) is 11.3 Å². The average molecular weight is 468 g/mol. The molecule has 2 heterocycles. The number of H-pyrrole nitrogens is 1. The zero-order valence-corrected chi connectivity index (χ0v) is 19.4. The van der Waals surface area contributed by atoms with Crippen molar-refractivity contribution in [3.8, 4) is 5.69 Å². The lowest BCUT2D eigenvalue weighted by molar-refractivity contribution is -0.141. The number of aromatic nitrogens is 3. The van der Waals surface area contributed by atoms with E-state index in [-0.39, 0.29) is 11.7 Å². The van der Waals surface area contributed by atoms with Crippen molar-refractivity contribution in [3.63, 3.8) is 0 Å². The molecule has 0 aliphatic heterocycles. The second-order valence-corrected chi connectivity index (χ2v) is 9.86. The molecule has 2 aromatic carbocycles. The van der Waals surface area contributed by atoms with Gasteiger partial charge in [0.1, 0.15) is 11.3 Å². The lowest BCUT2D eigenvalue weighted by atomic mass is 9.82. The number of carbonyl (C=O) groups is 1. The van der Waals surface area contributed by atoms with Crippen LogP contribution in [0.15, 0.2) is 36.5 Å². The molecule has 2 unspecified atom stereocenters. The standard InChI is InChI=1S/C26H27F2N3O3/c1-26(2,13-34-3)24-20(14-4-5-15(10-14)25(32)33)21-19(11-16-12-29-30-23(16)22(21)28)31(24)18-8-6-17(27)7-9-18/h6-9,11-12,14-15H,4-5,10,13H2,1-3H3,(H,29,30)(H,32,33). The predicted octanol–water partition coefficient (Wildman–Crippen LogP) is 5.68. The van der Waals surface area contributed by atoms with E-state index < -0.39 is 23.1 Å². The second kappa shape index (κ2) is 8.20. The molecule has 0 saturated heterocycles. The van der Waals surface area contributed by atoms with E-state index in [9.17, 15) is 14.3 Å². The zero-order valence-electron chi connectivity index (χ0n) is 19.4. The maximum Gasteiger partial charge on any atom is 0.306 e. The van der Waals surface area contributed by atoms with Gasteiger partial charge in [0.2, 0.25) is 0 Å². The van der Waals surface area contributed by atoms with Crippen LogP contribution in [-0.4, -0.2) is 39.6 Å². The minimum absolute atomic E-state index is 0.133. The Morgan fingerprint density at radius 3 is 2.65 bits per heavy atom. The number of fused-ring (bicyclic) bond motifs is 2. The Bertz CT molecular complexity index is 1390. The summed E-state index contributed by atoms with van der Waals surface area (Å²) in [6, 6.07) is 8.02. The van der Waals surface area contributed by atoms with E-state index in [1.807, 2.05) is 24.5 Å². The number of aliphatic carboxylic acids is 1. The van der Waals surface area contributed by atoms with Crippen LogP contribution in [0.2, 0.25) is 0 Å². The number of methoxy groups -OCH3 is 1. The normalized spacial score (nSPS) is 18.9. The van der Waals surface area contributed by atoms with Gasteiger partial charge >= 0.3 is 5.97 Å². The molecule has 5 rings (SSSR count). The number of aromatic amines is 1. The number of hydrogen-bond acceptors (Lipinski definition) is 3. The van der Waals surface area contributed by atoms with Crippen molar-refractivity contribution in [3.05, 3.63) is 59.4 Å². The van der Waals surface area contributed by atoms with Crippen molar-refractivity contribution in [2.75, 3.05) is 13.7 Å². The van der Waals surface area contributed by atoms with Gasteiger partial charge in [-0.1, -0.05) is 13.8 Å². The molecule has 1 fully saturated rings. The van der Waals surface area contributed by atoms with Gasteiger partial charge in [-0.3, -0.25) is 9.89 Å². The Morgan fingerprint density at radius 2 is 2.00 bits per heavy atom. The number of halogens is 2. The Morgan fingerprint density at radius 1 is 1.26 bits per heavy atom. The fourth-order valence-electron chi connectivity index (χ4n) is 5.65. The number of carboxylic acids is 1. The van der Waals surface area contributed by atoms with Crippen LogP contribution in [0.4, 0.5) is 8.78 Å². The number of nitrogens with zero attached hydrogens (tertiary/aromatic N) is 2. The maximum absolute atomic E-state index is 16.1. The van der Waals surface area contributed by atoms with Crippen molar-refractivity contribution < 1.29 is 23.4 Å². The van der Waals surface area contributed by atoms with Crippen LogP contribution in [-0.2, 0) is 14.9 Å². The van der Waals surface area contributed by atoms with Gasteiger partial charge in [-0.15, -0.1) is 0 Å². The van der Waals surface area contributed by atoms with Gasteiger partial charge in [0.05, 0.1) is 24.2 Å². The molecule has 1 aliphatic carbocycles. The SMILES string of the molecule is COCC(C)(C)c1c(C2CCC(C(=O)O)C2)c2c(F)c3[nH]ncc3cc2n1-c1ccc(F)cc1. The summed E-state index contributed by atoms with van der Waals surface area (Å²) in [5, 5.41) is 17.5. The highest BCUT2D eigenvalue weighted by atomic mass is 19.1. The highest BCUT2D eigenvalue weighted by Crippen LogP contribution is 2.49. The highest BCUT2D eigenvalue weighted by molar-refractivity contribution is 6.00. The van der Waals surface area contributed by atoms with E-state index in [1.165, 1.54) is 12.1 Å². The molecular weight excluding hydrogens is 440 g/mol. The van der Waals surface area contributed by atoms with Crippen LogP contribution >= 0.6 is 0 Å². The minimum Gasteiger partial charge on any atom is -0.481 e. The summed E-state index contributed by atoms with van der Waals surface area (Å²) in [6.07, 6.45) is 3.21. The van der Waals surface area contributed by atoms with E-state index in [0.29, 0.717) is 53.4 Å². The third-order valence-electron chi connectivity index (χ3n) is 7.07. The van der Waals surface area contributed by atoms with Gasteiger partial charge in [-0.2, -0.15) is 5.10 Å². The number of rotatable bonds is 6. The van der Waals surface area contributed by atoms with E-state index in [4.69, 9.17) is 4.74 Å². The third-order valence-corrected chi connectivity index (χ3v) is 7.07. The van der Waals surface area contributed by atoms with Gasteiger partial charge < -0.3 is 14.4 Å². The molecule has 8 heteroatoms. The van der Waals surface area contributed by atoms with Crippen molar-refractivity contribution in [2.24, 2.45) is 5.92 Å². The van der Waals surface area contributed by atoms with Crippen LogP contribution in [0.3, 0.4) is 0 Å². The van der Waals surface area contributed by atoms with Crippen molar-refractivity contribution in [1.82, 2.24) is 14.8 Å². The topological polar surface area (TPSA) is 80.1 Å². The fraction of sp³-hybridized carbons (Fsp3) is 0.385. The lowest BCUT2D eigenvalue weighted by Crippen LogP contribution is -2.28. The number of hydrogen-bond donors (Lipinski definition) is 2. The quantitative estimate of drug-likeness (QED) is 0.383. The van der Waals surface area contributed by atoms with Crippen molar-refractivity contribution in [1.29, 1.82) is 0 Å². The Balaban J connectivity index is 1.91. The summed E-state index contributed by atoms with van der Waals surface area (Å²) >= 11 is 0. The summed E-state index contributed by atoms with van der Waals surface area (Å²) in [7, 11) is 1.62. The molecule has 0 amide bonds. The second-order valence-electron chi connectivity index (χ2n) is 9.86. The van der Waals surface area contributed by atoms with Gasteiger partial charge in [0, 0.05) is 34.7 Å². The molecule has 0 spiro atoms. The molecule has 2 aromatic heterocycles. The van der Waals surface area contributed by atoms with Gasteiger partial charge in [-0.05, 0) is 61.1 Å². The maximum atomic E-state index is 16.1. The molecule has 6 nitrogen and oxygen atoms in total. The lowest BCUT2D eigenvalue weighted by Gasteiger charge is -2.29. The number of nitrogens with one attached hydrogen (secondary N) is 1. The van der Waals surface area contributed by atoms with Crippen LogP contribution in [0.5, 0.6) is 0 Å². The van der Waals surface area contributed by atoms with Crippen molar-refractivity contribution in [2.45, 2.75) is 44.4 Å². The molecule has 1 aliphatic rings. The largest absolute Gasteiger partial charge is 0.481 e. The first-order chi connectivity index (χ1) is 16.2. The van der Waals surface area contributed by atoms with Crippen molar-refractivity contribution >= 4 is 27.8 Å². The predicted molar refractivity (Wildman–Crippen MR) is 125 cm³/mol. The van der Waals surface area contributed by atoms with E-state index >= 15 is 4.39 Å². The van der Waals surface area contributed by atoms with Crippen LogP contribution in [0, 0.1) is 17.6 Å². The monoisotopic (exact) mass is 467 g/mol. The van der Waals surface area contributed by atoms with Gasteiger partial charge in [0.15, 0.2) is 5.82 Å². The molecular formula is C26H27F2N3O3. The highest BCUT2D eigenvalue weighted by Gasteiger charge is 2.40. The molecule has 0 bridgehead atoms. The molecule has 2 atom stereocenters. The first-order valence-corrected chi connectivity index (χ1v) is 11.4. The molecule has 1 saturated carbocycles. The van der Waals surface area contributed by atoms with Crippen LogP contribution < -0.4 is 0 Å². The van der Waals surface area contributed by atoms with Gasteiger partial charge in [-0.25, -0.2) is 8.78 Å². The third kappa shape index (κ3) is 3.48. The Hall–Kier alpha value is -3.26. The average Bonchev–Trinajstić information content (AvgIpc) is 3.51. The summed E-state index contributed by atoms with van der Waals surface area (Å²) < 4.78 is 37.5. The molecule has 2 N–H and O–H groups in total. The molecule has 4 aromatic rings. The number of ether oxygens (including phenoxy) is 1. The molecule has 34 heavy (non-hydrogen) atoms. The van der Waals surface area contributed by atoms with Crippen LogP contribution in [0.25, 0.3) is 27.5 Å². The summed E-state index contributed by atoms with van der Waals surface area (Å²) in [5.74, 6) is -2.19. The molecule has 0 radical (unpaired) electrons. The van der Waals surface area contributed by atoms with Crippen LogP contribution in [0.1, 0.15) is 50.3 Å². The van der Waals surface area contributed by atoms with E-state index in [1.54, 1.807) is 25.4 Å². The minimum atomic E-state index is -0.820. The Labute approximate surface area is 195 Å². The first-order valence-electron chi connectivity index (χ1n) is 11.4.